The fourth-order valence-electron chi connectivity index (χ4n) is 3.62. The molecule has 2 unspecified atom stereocenters. The molecule has 152 valence electrons. The normalized spacial score (nSPS) is 20.3. The van der Waals surface area contributed by atoms with Crippen molar-refractivity contribution in [3.8, 4) is 0 Å². The molecule has 0 amide bonds. The molecule has 1 fully saturated rings. The third kappa shape index (κ3) is 5.04. The van der Waals surface area contributed by atoms with Crippen LogP contribution in [0.15, 0.2) is 41.7 Å². The molecule has 2 aromatic rings. The van der Waals surface area contributed by atoms with Crippen LogP contribution in [0, 0.1) is 0 Å². The summed E-state index contributed by atoms with van der Waals surface area (Å²) in [6.07, 6.45) is 4.46. The number of nitrogens with one attached hydrogen (secondary N) is 1. The Balaban J connectivity index is 1.55. The lowest BCUT2D eigenvalue weighted by atomic mass is 10.2. The van der Waals surface area contributed by atoms with Gasteiger partial charge in [-0.3, -0.25) is 4.99 Å². The van der Waals surface area contributed by atoms with Gasteiger partial charge in [0.15, 0.2) is 5.96 Å². The van der Waals surface area contributed by atoms with Crippen LogP contribution in [0.4, 0.5) is 5.82 Å². The smallest absolute Gasteiger partial charge is 0.194 e. The van der Waals surface area contributed by atoms with Crippen LogP contribution in [0.1, 0.15) is 25.1 Å². The number of rotatable bonds is 5. The molecule has 7 nitrogen and oxygen atoms in total. The Bertz CT molecular complexity index is 774. The van der Waals surface area contributed by atoms with Gasteiger partial charge in [0, 0.05) is 58.9 Å². The molecule has 0 aliphatic carbocycles. The molecule has 2 atom stereocenters. The van der Waals surface area contributed by atoms with Crippen molar-refractivity contribution < 1.29 is 4.74 Å². The number of morpholine rings is 1. The summed E-state index contributed by atoms with van der Waals surface area (Å²) < 4.78 is 7.93. The molecule has 1 aliphatic rings. The molecule has 2 aromatic heterocycles. The maximum absolute atomic E-state index is 5.81. The number of aromatic nitrogens is 2. The van der Waals surface area contributed by atoms with E-state index in [1.807, 2.05) is 20.3 Å². The van der Waals surface area contributed by atoms with Crippen molar-refractivity contribution in [2.75, 3.05) is 32.1 Å². The molecule has 3 heterocycles. The molecule has 0 radical (unpaired) electrons. The number of aryl methyl sites for hydroxylation is 1. The summed E-state index contributed by atoms with van der Waals surface area (Å²) in [5.74, 6) is 1.87. The van der Waals surface area contributed by atoms with Crippen LogP contribution in [0.25, 0.3) is 0 Å². The SMILES string of the molecule is CN=C(NCc1ccc(N2CC(C)OC(C)C2)nc1)N(C)Cc1cccn1C. The van der Waals surface area contributed by atoms with E-state index in [0.717, 1.165) is 37.0 Å². The molecule has 3 rings (SSSR count). The van der Waals surface area contributed by atoms with Crippen molar-refractivity contribution in [3.05, 3.63) is 47.9 Å². The highest BCUT2D eigenvalue weighted by molar-refractivity contribution is 5.79. The minimum atomic E-state index is 0.231. The number of aliphatic imine (C=N–C) groups is 1. The van der Waals surface area contributed by atoms with Crippen LogP contribution in [0.2, 0.25) is 0 Å². The van der Waals surface area contributed by atoms with Crippen molar-refractivity contribution in [1.82, 2.24) is 19.8 Å². The molecule has 0 bridgehead atoms. The van der Waals surface area contributed by atoms with Crippen molar-refractivity contribution in [3.63, 3.8) is 0 Å². The maximum atomic E-state index is 5.81. The fourth-order valence-corrected chi connectivity index (χ4v) is 3.62. The first-order chi connectivity index (χ1) is 13.5. The maximum Gasteiger partial charge on any atom is 0.194 e. The first-order valence-electron chi connectivity index (χ1n) is 9.83. The Morgan fingerprint density at radius 2 is 2.04 bits per heavy atom. The van der Waals surface area contributed by atoms with Gasteiger partial charge in [-0.15, -0.1) is 0 Å². The first-order valence-corrected chi connectivity index (χ1v) is 9.83. The summed E-state index contributed by atoms with van der Waals surface area (Å²) in [5, 5.41) is 3.42. The van der Waals surface area contributed by atoms with E-state index in [9.17, 15) is 0 Å². The topological polar surface area (TPSA) is 57.9 Å². The summed E-state index contributed by atoms with van der Waals surface area (Å²) in [6, 6.07) is 8.41. The molecular weight excluding hydrogens is 352 g/mol. The van der Waals surface area contributed by atoms with Crippen LogP contribution in [-0.2, 0) is 24.9 Å². The molecule has 7 heteroatoms. The number of pyridine rings is 1. The van der Waals surface area contributed by atoms with Crippen molar-refractivity contribution in [2.45, 2.75) is 39.1 Å². The Labute approximate surface area is 168 Å². The quantitative estimate of drug-likeness (QED) is 0.633. The minimum absolute atomic E-state index is 0.231. The van der Waals surface area contributed by atoms with E-state index < -0.39 is 0 Å². The van der Waals surface area contributed by atoms with E-state index in [1.165, 1.54) is 5.69 Å². The van der Waals surface area contributed by atoms with Gasteiger partial charge in [0.2, 0.25) is 0 Å². The fraction of sp³-hybridized carbons (Fsp3) is 0.524. The molecule has 0 saturated carbocycles. The van der Waals surface area contributed by atoms with Crippen molar-refractivity contribution >= 4 is 11.8 Å². The second-order valence-corrected chi connectivity index (χ2v) is 7.55. The number of nitrogens with zero attached hydrogens (tertiary/aromatic N) is 5. The Kier molecular flexibility index (Phi) is 6.57. The van der Waals surface area contributed by atoms with E-state index in [2.05, 4.69) is 81.0 Å². The average Bonchev–Trinajstić information content (AvgIpc) is 3.06. The van der Waals surface area contributed by atoms with Gasteiger partial charge in [-0.25, -0.2) is 4.98 Å². The van der Waals surface area contributed by atoms with Gasteiger partial charge in [0.25, 0.3) is 0 Å². The lowest BCUT2D eigenvalue weighted by molar-refractivity contribution is -0.00545. The lowest BCUT2D eigenvalue weighted by Gasteiger charge is -2.36. The predicted molar refractivity (Wildman–Crippen MR) is 114 cm³/mol. The summed E-state index contributed by atoms with van der Waals surface area (Å²) in [6.45, 7) is 7.47. The molecule has 28 heavy (non-hydrogen) atoms. The number of ether oxygens (including phenoxy) is 1. The van der Waals surface area contributed by atoms with Crippen molar-refractivity contribution in [1.29, 1.82) is 0 Å². The molecule has 0 aromatic carbocycles. The standard InChI is InChI=1S/C21H32N6O/c1-16-13-27(14-17(2)28-16)20-9-8-18(11-23-20)12-24-21(22-3)26(5)15-19-7-6-10-25(19)4/h6-11,16-17H,12-15H2,1-5H3,(H,22,24). The predicted octanol–water partition coefficient (Wildman–Crippen LogP) is 2.24. The van der Waals surface area contributed by atoms with Crippen LogP contribution in [-0.4, -0.2) is 59.8 Å². The highest BCUT2D eigenvalue weighted by Crippen LogP contribution is 2.18. The summed E-state index contributed by atoms with van der Waals surface area (Å²) in [4.78, 5) is 13.5. The van der Waals surface area contributed by atoms with E-state index in [1.54, 1.807) is 0 Å². The highest BCUT2D eigenvalue weighted by atomic mass is 16.5. The number of hydrogen-bond donors (Lipinski definition) is 1. The van der Waals surface area contributed by atoms with Gasteiger partial charge in [-0.2, -0.15) is 0 Å². The second-order valence-electron chi connectivity index (χ2n) is 7.55. The van der Waals surface area contributed by atoms with Crippen LogP contribution < -0.4 is 10.2 Å². The van der Waals surface area contributed by atoms with Gasteiger partial charge in [0.1, 0.15) is 5.82 Å². The number of guanidine groups is 1. The van der Waals surface area contributed by atoms with E-state index in [4.69, 9.17) is 4.74 Å². The Morgan fingerprint density at radius 1 is 1.29 bits per heavy atom. The summed E-state index contributed by atoms with van der Waals surface area (Å²) >= 11 is 0. The van der Waals surface area contributed by atoms with E-state index in [0.29, 0.717) is 6.54 Å². The molecule has 1 N–H and O–H groups in total. The zero-order valence-electron chi connectivity index (χ0n) is 17.6. The van der Waals surface area contributed by atoms with E-state index >= 15 is 0 Å². The van der Waals surface area contributed by atoms with Crippen molar-refractivity contribution in [2.24, 2.45) is 12.0 Å². The van der Waals surface area contributed by atoms with Crippen LogP contribution in [0.5, 0.6) is 0 Å². The lowest BCUT2D eigenvalue weighted by Crippen LogP contribution is -2.45. The monoisotopic (exact) mass is 384 g/mol. The number of anilines is 1. The van der Waals surface area contributed by atoms with Crippen LogP contribution >= 0.6 is 0 Å². The zero-order chi connectivity index (χ0) is 20.1. The van der Waals surface area contributed by atoms with Crippen LogP contribution in [0.3, 0.4) is 0 Å². The minimum Gasteiger partial charge on any atom is -0.372 e. The average molecular weight is 385 g/mol. The Hall–Kier alpha value is -2.54. The van der Waals surface area contributed by atoms with Gasteiger partial charge in [-0.05, 0) is 37.6 Å². The number of hydrogen-bond acceptors (Lipinski definition) is 4. The Morgan fingerprint density at radius 3 is 2.61 bits per heavy atom. The second kappa shape index (κ2) is 9.10. The largest absolute Gasteiger partial charge is 0.372 e. The van der Waals surface area contributed by atoms with E-state index in [-0.39, 0.29) is 12.2 Å². The molecular formula is C21H32N6O. The molecule has 1 aliphatic heterocycles. The highest BCUT2D eigenvalue weighted by Gasteiger charge is 2.23. The zero-order valence-corrected chi connectivity index (χ0v) is 17.6. The third-order valence-electron chi connectivity index (χ3n) is 5.03. The molecule has 0 spiro atoms. The van der Waals surface area contributed by atoms with Gasteiger partial charge in [-0.1, -0.05) is 6.07 Å². The summed E-state index contributed by atoms with van der Waals surface area (Å²) in [7, 11) is 5.92. The van der Waals surface area contributed by atoms with Gasteiger partial charge < -0.3 is 24.4 Å². The summed E-state index contributed by atoms with van der Waals surface area (Å²) in [5.41, 5.74) is 2.37. The van der Waals surface area contributed by atoms with Gasteiger partial charge in [0.05, 0.1) is 18.8 Å². The first kappa shape index (κ1) is 20.2. The molecule has 1 saturated heterocycles. The van der Waals surface area contributed by atoms with Gasteiger partial charge >= 0.3 is 0 Å². The third-order valence-corrected chi connectivity index (χ3v) is 5.03.